The highest BCUT2D eigenvalue weighted by Crippen LogP contribution is 2.23. The summed E-state index contributed by atoms with van der Waals surface area (Å²) in [4.78, 5) is 0. The second-order valence-corrected chi connectivity index (χ2v) is 3.51. The van der Waals surface area contributed by atoms with E-state index < -0.39 is 0 Å². The van der Waals surface area contributed by atoms with Crippen molar-refractivity contribution >= 4 is 0 Å². The molecule has 2 aromatic rings. The zero-order chi connectivity index (χ0) is 11.2. The van der Waals surface area contributed by atoms with E-state index in [1.54, 1.807) is 0 Å². The Hall–Kier alpha value is -2.20. The van der Waals surface area contributed by atoms with Crippen LogP contribution in [0.3, 0.4) is 0 Å². The van der Waals surface area contributed by atoms with Crippen molar-refractivity contribution in [2.75, 3.05) is 0 Å². The Kier molecular flexibility index (Phi) is 3.25. The minimum absolute atomic E-state index is 0.0626. The molecule has 2 rings (SSSR count). The molecule has 0 aliphatic carbocycles. The van der Waals surface area contributed by atoms with Crippen molar-refractivity contribution in [2.24, 2.45) is 0 Å². The summed E-state index contributed by atoms with van der Waals surface area (Å²) in [6, 6.07) is 19.9. The molecule has 0 aromatic heterocycles. The summed E-state index contributed by atoms with van der Waals surface area (Å²) in [5.74, 6) is 2.76. The first-order valence-electron chi connectivity index (χ1n) is 5.16. The van der Waals surface area contributed by atoms with Crippen molar-refractivity contribution in [3.05, 3.63) is 71.8 Å². The van der Waals surface area contributed by atoms with E-state index in [0.29, 0.717) is 0 Å². The molecular weight excluding hydrogens is 196 g/mol. The molecule has 0 unspecified atom stereocenters. The first-order valence-corrected chi connectivity index (χ1v) is 5.16. The molecule has 0 radical (unpaired) electrons. The van der Waals surface area contributed by atoms with Crippen molar-refractivity contribution in [1.29, 1.82) is 0 Å². The predicted molar refractivity (Wildman–Crippen MR) is 64.4 cm³/mol. The second-order valence-electron chi connectivity index (χ2n) is 3.51. The average Bonchev–Trinajstić information content (AvgIpc) is 2.38. The van der Waals surface area contributed by atoms with Crippen molar-refractivity contribution < 1.29 is 5.11 Å². The summed E-state index contributed by atoms with van der Waals surface area (Å²) in [6.07, 6.45) is 2.01. The normalized spacial score (nSPS) is 9.56. The van der Waals surface area contributed by atoms with E-state index in [1.807, 2.05) is 66.8 Å². The number of hydrogen-bond donors (Lipinski definition) is 1. The van der Waals surface area contributed by atoms with Crippen molar-refractivity contribution in [3.63, 3.8) is 0 Å². The van der Waals surface area contributed by atoms with Crippen LogP contribution in [0.4, 0.5) is 0 Å². The van der Waals surface area contributed by atoms with Gasteiger partial charge in [-0.3, -0.25) is 0 Å². The lowest BCUT2D eigenvalue weighted by atomic mass is 9.92. The van der Waals surface area contributed by atoms with Crippen LogP contribution in [0.1, 0.15) is 17.0 Å². The molecule has 0 bridgehead atoms. The molecule has 0 fully saturated rings. The molecule has 0 heterocycles. The van der Waals surface area contributed by atoms with Crippen molar-refractivity contribution in [3.8, 4) is 12.0 Å². The average molecular weight is 208 g/mol. The highest BCUT2D eigenvalue weighted by atomic mass is 16.2. The van der Waals surface area contributed by atoms with E-state index >= 15 is 0 Å². The van der Waals surface area contributed by atoms with Gasteiger partial charge in [-0.2, -0.15) is 0 Å². The third-order valence-corrected chi connectivity index (χ3v) is 2.47. The molecule has 0 saturated heterocycles. The maximum Gasteiger partial charge on any atom is 0.108 e. The van der Waals surface area contributed by atoms with Gasteiger partial charge in [0.25, 0.3) is 0 Å². The standard InChI is InChI=1S/C15H12O/c16-12-11-15(13-7-3-1-4-8-13)14-9-5-2-6-10-14/h1-10,15-16H. The third-order valence-electron chi connectivity index (χ3n) is 2.47. The van der Waals surface area contributed by atoms with Gasteiger partial charge in [0.2, 0.25) is 0 Å². The van der Waals surface area contributed by atoms with Crippen LogP contribution in [0.5, 0.6) is 0 Å². The fourth-order valence-electron chi connectivity index (χ4n) is 1.71. The van der Waals surface area contributed by atoms with E-state index in [4.69, 9.17) is 5.11 Å². The van der Waals surface area contributed by atoms with E-state index in [0.717, 1.165) is 11.1 Å². The summed E-state index contributed by atoms with van der Waals surface area (Å²) in [7, 11) is 0. The number of hydrogen-bond acceptors (Lipinski definition) is 1. The van der Waals surface area contributed by atoms with Gasteiger partial charge < -0.3 is 5.11 Å². The minimum atomic E-state index is -0.0626. The van der Waals surface area contributed by atoms with Crippen molar-refractivity contribution in [1.82, 2.24) is 0 Å². The lowest BCUT2D eigenvalue weighted by Crippen LogP contribution is -1.97. The third kappa shape index (κ3) is 2.24. The molecule has 16 heavy (non-hydrogen) atoms. The fourth-order valence-corrected chi connectivity index (χ4v) is 1.71. The van der Waals surface area contributed by atoms with Crippen LogP contribution >= 0.6 is 0 Å². The van der Waals surface area contributed by atoms with Gasteiger partial charge in [0, 0.05) is 0 Å². The van der Waals surface area contributed by atoms with E-state index in [1.165, 1.54) is 0 Å². The Balaban J connectivity index is 2.42. The van der Waals surface area contributed by atoms with Gasteiger partial charge in [-0.15, -0.1) is 0 Å². The molecule has 0 atom stereocenters. The predicted octanol–water partition coefficient (Wildman–Crippen LogP) is 3.15. The zero-order valence-electron chi connectivity index (χ0n) is 8.80. The molecule has 1 nitrogen and oxygen atoms in total. The zero-order valence-corrected chi connectivity index (χ0v) is 8.80. The lowest BCUT2D eigenvalue weighted by Gasteiger charge is -2.10. The largest absolute Gasteiger partial charge is 0.462 e. The first kappa shape index (κ1) is 10.3. The van der Waals surface area contributed by atoms with Crippen LogP contribution in [0.2, 0.25) is 0 Å². The SMILES string of the molecule is OC#CC(c1ccccc1)c1ccccc1. The lowest BCUT2D eigenvalue weighted by molar-refractivity contribution is 0.516. The summed E-state index contributed by atoms with van der Waals surface area (Å²) < 4.78 is 0. The van der Waals surface area contributed by atoms with Crippen LogP contribution in [0.15, 0.2) is 60.7 Å². The topological polar surface area (TPSA) is 20.2 Å². The minimum Gasteiger partial charge on any atom is -0.462 e. The molecule has 1 heteroatoms. The van der Waals surface area contributed by atoms with Gasteiger partial charge in [-0.05, 0) is 17.0 Å². The van der Waals surface area contributed by atoms with Gasteiger partial charge in [0.05, 0.1) is 5.92 Å². The molecule has 0 saturated carbocycles. The highest BCUT2D eigenvalue weighted by molar-refractivity contribution is 5.39. The quantitative estimate of drug-likeness (QED) is 0.752. The Morgan fingerprint density at radius 1 is 0.750 bits per heavy atom. The number of aliphatic hydroxyl groups is 1. The molecule has 0 spiro atoms. The Morgan fingerprint density at radius 3 is 1.56 bits per heavy atom. The maximum absolute atomic E-state index is 8.80. The molecule has 78 valence electrons. The van der Waals surface area contributed by atoms with Crippen LogP contribution in [0.25, 0.3) is 0 Å². The smallest absolute Gasteiger partial charge is 0.108 e. The summed E-state index contributed by atoms with van der Waals surface area (Å²) >= 11 is 0. The molecule has 2 aromatic carbocycles. The number of benzene rings is 2. The summed E-state index contributed by atoms with van der Waals surface area (Å²) in [5.41, 5.74) is 2.19. The molecular formula is C15H12O. The number of rotatable bonds is 2. The van der Waals surface area contributed by atoms with E-state index in [2.05, 4.69) is 5.92 Å². The Labute approximate surface area is 95.4 Å². The van der Waals surface area contributed by atoms with E-state index in [-0.39, 0.29) is 5.92 Å². The van der Waals surface area contributed by atoms with Gasteiger partial charge in [-0.25, -0.2) is 0 Å². The fraction of sp³-hybridized carbons (Fsp3) is 0.0667. The molecule has 1 N–H and O–H groups in total. The Morgan fingerprint density at radius 2 is 1.19 bits per heavy atom. The second kappa shape index (κ2) is 5.04. The van der Waals surface area contributed by atoms with E-state index in [9.17, 15) is 0 Å². The van der Waals surface area contributed by atoms with Crippen LogP contribution < -0.4 is 0 Å². The van der Waals surface area contributed by atoms with Gasteiger partial charge in [0.15, 0.2) is 0 Å². The molecule has 0 aliphatic rings. The monoisotopic (exact) mass is 208 g/mol. The first-order chi connectivity index (χ1) is 7.92. The van der Waals surface area contributed by atoms with Gasteiger partial charge in [-0.1, -0.05) is 60.7 Å². The summed E-state index contributed by atoms with van der Waals surface area (Å²) in [6.45, 7) is 0. The van der Waals surface area contributed by atoms with Gasteiger partial charge in [0.1, 0.15) is 6.11 Å². The molecule has 0 aliphatic heterocycles. The van der Waals surface area contributed by atoms with Crippen LogP contribution in [-0.4, -0.2) is 5.11 Å². The number of aliphatic hydroxyl groups excluding tert-OH is 1. The highest BCUT2D eigenvalue weighted by Gasteiger charge is 2.10. The van der Waals surface area contributed by atoms with Crippen LogP contribution in [-0.2, 0) is 0 Å². The van der Waals surface area contributed by atoms with Gasteiger partial charge >= 0.3 is 0 Å². The molecule has 0 amide bonds. The summed E-state index contributed by atoms with van der Waals surface area (Å²) in [5, 5.41) is 8.80. The maximum atomic E-state index is 8.80. The van der Waals surface area contributed by atoms with Crippen LogP contribution in [0, 0.1) is 12.0 Å². The Bertz CT molecular complexity index is 452. The van der Waals surface area contributed by atoms with Crippen molar-refractivity contribution in [2.45, 2.75) is 5.92 Å².